The van der Waals surface area contributed by atoms with Gasteiger partial charge in [-0.3, -0.25) is 0 Å². The van der Waals surface area contributed by atoms with Gasteiger partial charge in [-0.05, 0) is 115 Å². The van der Waals surface area contributed by atoms with E-state index in [9.17, 15) is 0 Å². The number of hydrogen-bond acceptors (Lipinski definition) is 2. The summed E-state index contributed by atoms with van der Waals surface area (Å²) in [5.74, 6) is 8.03. The molecule has 0 N–H and O–H groups in total. The van der Waals surface area contributed by atoms with Crippen LogP contribution in [-0.2, 0) is 12.8 Å². The summed E-state index contributed by atoms with van der Waals surface area (Å²) in [5.41, 5.74) is 16.6. The largest absolute Gasteiger partial charge is 0.146 e. The van der Waals surface area contributed by atoms with E-state index in [1.165, 1.54) is 63.3 Å². The second kappa shape index (κ2) is 16.2. The molecule has 0 amide bonds. The molecule has 4 heteroatoms. The molecule has 5 aromatic rings. The second-order valence-corrected chi connectivity index (χ2v) is 30.3. The van der Waals surface area contributed by atoms with Crippen LogP contribution in [0.4, 0.5) is 0 Å². The molecule has 0 fully saturated rings. The lowest BCUT2D eigenvalue weighted by Crippen LogP contribution is -2.43. The van der Waals surface area contributed by atoms with E-state index in [0.717, 1.165) is 12.8 Å². The molecule has 0 spiro atoms. The van der Waals surface area contributed by atoms with Crippen LogP contribution >= 0.6 is 22.7 Å². The average molecular weight is 759 g/mol. The summed E-state index contributed by atoms with van der Waals surface area (Å²) >= 11 is 3.83. The van der Waals surface area contributed by atoms with Crippen molar-refractivity contribution < 1.29 is 0 Å². The van der Waals surface area contributed by atoms with E-state index in [2.05, 4.69) is 181 Å². The average Bonchev–Trinajstić information content (AvgIpc) is 3.78. The van der Waals surface area contributed by atoms with Gasteiger partial charge in [-0.15, -0.1) is 33.8 Å². The molecule has 0 atom stereocenters. The quantitative estimate of drug-likeness (QED) is 0.0756. The molecule has 3 aromatic carbocycles. The Morgan fingerprint density at radius 3 is 1.04 bits per heavy atom. The first kappa shape index (κ1) is 40.3. The molecule has 0 aliphatic carbocycles. The van der Waals surface area contributed by atoms with E-state index in [4.69, 9.17) is 0 Å². The lowest BCUT2D eigenvalue weighted by atomic mass is 9.90. The van der Waals surface area contributed by atoms with E-state index in [1.54, 1.807) is 0 Å². The maximum Gasteiger partial charge on any atom is 0.146 e. The van der Waals surface area contributed by atoms with Crippen LogP contribution in [0, 0.1) is 22.9 Å². The van der Waals surface area contributed by atoms with Gasteiger partial charge in [0.2, 0.25) is 0 Å². The highest BCUT2D eigenvalue weighted by atomic mass is 32.1. The van der Waals surface area contributed by atoms with Crippen molar-refractivity contribution in [2.24, 2.45) is 0 Å². The first-order chi connectivity index (χ1) is 24.6. The number of hydrogen-bond donors (Lipinski definition) is 0. The van der Waals surface area contributed by atoms with E-state index in [0.29, 0.717) is 33.2 Å². The maximum atomic E-state index is 4.15. The number of benzene rings is 3. The third-order valence-corrected chi connectivity index (χ3v) is 27.4. The van der Waals surface area contributed by atoms with Crippen molar-refractivity contribution >= 4 is 60.4 Å². The van der Waals surface area contributed by atoms with Gasteiger partial charge in [-0.2, -0.15) is 0 Å². The molecule has 2 heterocycles. The van der Waals surface area contributed by atoms with Crippen molar-refractivity contribution in [1.29, 1.82) is 0 Å². The van der Waals surface area contributed by atoms with E-state index in [-0.39, 0.29) is 0 Å². The van der Waals surface area contributed by atoms with Crippen LogP contribution in [0.15, 0.2) is 60.7 Å². The van der Waals surface area contributed by atoms with Crippen molar-refractivity contribution in [1.82, 2.24) is 0 Å². The van der Waals surface area contributed by atoms with Crippen molar-refractivity contribution in [3.8, 4) is 43.8 Å². The fourth-order valence-electron chi connectivity index (χ4n) is 9.46. The van der Waals surface area contributed by atoms with Crippen LogP contribution in [0.1, 0.15) is 118 Å². The van der Waals surface area contributed by atoms with Gasteiger partial charge in [-0.1, -0.05) is 133 Å². The monoisotopic (exact) mass is 758 g/mol. The van der Waals surface area contributed by atoms with Gasteiger partial charge in [-0.25, -0.2) is 0 Å². The molecular formula is C48H62S2Si2. The standard InChI is InChI=1S/C48H62S2Si2/c1-15-39-19-23-47(49-39)37-17-21-41-44(26-28-52(34(9)10,35(11)12)36(13)14)46-30-38(48-24-20-40(16-2)50-48)18-22-42(46)43(45(41)29-37)25-27-51(31(3)4,32(5)6)33(7)8/h17-24,29-36H,15-16H2,1-14H3. The predicted octanol–water partition coefficient (Wildman–Crippen LogP) is 15.7. The summed E-state index contributed by atoms with van der Waals surface area (Å²) in [6, 6.07) is 23.5. The normalized spacial score (nSPS) is 12.5. The van der Waals surface area contributed by atoms with Crippen LogP contribution in [0.25, 0.3) is 42.4 Å². The molecule has 52 heavy (non-hydrogen) atoms. The van der Waals surface area contributed by atoms with E-state index >= 15 is 0 Å². The minimum absolute atomic E-state index is 0.566. The Bertz CT molecular complexity index is 1960. The fourth-order valence-corrected chi connectivity index (χ4v) is 21.8. The molecule has 5 rings (SSSR count). The highest BCUT2D eigenvalue weighted by Gasteiger charge is 2.43. The Hall–Kier alpha value is -2.87. The van der Waals surface area contributed by atoms with E-state index < -0.39 is 16.1 Å². The Balaban J connectivity index is 1.97. The number of rotatable bonds is 10. The Morgan fingerprint density at radius 2 is 0.769 bits per heavy atom. The third-order valence-electron chi connectivity index (χ3n) is 12.2. The second-order valence-electron chi connectivity index (χ2n) is 16.8. The minimum atomic E-state index is -2.00. The maximum absolute atomic E-state index is 4.15. The molecule has 0 unspecified atom stereocenters. The summed E-state index contributed by atoms with van der Waals surface area (Å²) in [7, 11) is -4.00. The summed E-state index contributed by atoms with van der Waals surface area (Å²) in [5, 5.41) is 4.97. The molecule has 0 saturated heterocycles. The molecule has 0 aliphatic heterocycles. The molecule has 274 valence electrons. The van der Waals surface area contributed by atoms with Gasteiger partial charge in [0, 0.05) is 30.6 Å². The first-order valence-corrected chi connectivity index (χ1v) is 26.0. The highest BCUT2D eigenvalue weighted by molar-refractivity contribution is 7.15. The summed E-state index contributed by atoms with van der Waals surface area (Å²) in [6.07, 6.45) is 2.12. The van der Waals surface area contributed by atoms with Crippen LogP contribution < -0.4 is 0 Å². The van der Waals surface area contributed by atoms with Crippen LogP contribution in [0.5, 0.6) is 0 Å². The zero-order chi connectivity index (χ0) is 38.1. The van der Waals surface area contributed by atoms with Crippen molar-refractivity contribution in [2.75, 3.05) is 0 Å². The lowest BCUT2D eigenvalue weighted by molar-refractivity contribution is 0.838. The number of aryl methyl sites for hydroxylation is 2. The van der Waals surface area contributed by atoms with Gasteiger partial charge in [0.1, 0.15) is 16.1 Å². The molecule has 0 nitrogen and oxygen atoms in total. The molecular weight excluding hydrogens is 697 g/mol. The summed E-state index contributed by atoms with van der Waals surface area (Å²) in [4.78, 5) is 5.50. The Morgan fingerprint density at radius 1 is 0.442 bits per heavy atom. The van der Waals surface area contributed by atoms with Crippen LogP contribution in [0.2, 0.25) is 33.2 Å². The van der Waals surface area contributed by atoms with Crippen LogP contribution in [0.3, 0.4) is 0 Å². The lowest BCUT2D eigenvalue weighted by Gasteiger charge is -2.38. The van der Waals surface area contributed by atoms with Gasteiger partial charge in [0.05, 0.1) is 0 Å². The summed E-state index contributed by atoms with van der Waals surface area (Å²) < 4.78 is 0. The predicted molar refractivity (Wildman–Crippen MR) is 243 cm³/mol. The Labute approximate surface area is 326 Å². The molecule has 0 saturated carbocycles. The number of thiophene rings is 2. The van der Waals surface area contributed by atoms with Crippen molar-refractivity contribution in [3.05, 3.63) is 81.5 Å². The SMILES string of the molecule is CCc1ccc(-c2ccc3c(C#C[Si](C(C)C)(C(C)C)C(C)C)c4cc(-c5ccc(CC)s5)ccc4c(C#C[Si](C(C)C)(C(C)C)C(C)C)c3c2)s1. The zero-order valence-corrected chi connectivity index (χ0v) is 38.1. The molecule has 0 radical (unpaired) electrons. The Kier molecular flexibility index (Phi) is 12.6. The van der Waals surface area contributed by atoms with Crippen LogP contribution in [-0.4, -0.2) is 16.1 Å². The van der Waals surface area contributed by atoms with Gasteiger partial charge in [0.15, 0.2) is 0 Å². The topological polar surface area (TPSA) is 0 Å². The first-order valence-electron chi connectivity index (χ1n) is 19.9. The van der Waals surface area contributed by atoms with Gasteiger partial charge < -0.3 is 0 Å². The minimum Gasteiger partial charge on any atom is -0.140 e. The number of fused-ring (bicyclic) bond motifs is 2. The highest BCUT2D eigenvalue weighted by Crippen LogP contribution is 2.44. The van der Waals surface area contributed by atoms with Crippen molar-refractivity contribution in [3.63, 3.8) is 0 Å². The smallest absolute Gasteiger partial charge is 0.140 e. The fraction of sp³-hybridized carbons (Fsp3) is 0.458. The van der Waals surface area contributed by atoms with Gasteiger partial charge in [0.25, 0.3) is 0 Å². The van der Waals surface area contributed by atoms with E-state index in [1.807, 2.05) is 22.7 Å². The molecule has 0 bridgehead atoms. The molecule has 0 aliphatic rings. The third kappa shape index (κ3) is 7.31. The van der Waals surface area contributed by atoms with Crippen molar-refractivity contribution in [2.45, 2.75) is 143 Å². The summed E-state index contributed by atoms with van der Waals surface area (Å²) in [6.45, 7) is 33.5. The van der Waals surface area contributed by atoms with Gasteiger partial charge >= 0.3 is 0 Å². The zero-order valence-electron chi connectivity index (χ0n) is 34.5. The molecule has 2 aromatic heterocycles.